The van der Waals surface area contributed by atoms with Crippen molar-refractivity contribution in [1.29, 1.82) is 0 Å². The Morgan fingerprint density at radius 2 is 2.00 bits per heavy atom. The predicted octanol–water partition coefficient (Wildman–Crippen LogP) is 0.994. The van der Waals surface area contributed by atoms with Crippen molar-refractivity contribution in [2.24, 2.45) is 16.8 Å². The van der Waals surface area contributed by atoms with Crippen LogP contribution in [0, 0.1) is 5.92 Å². The molecule has 0 aromatic rings. The average Bonchev–Trinajstić information content (AvgIpc) is 2.40. The number of guanidine groups is 1. The average molecular weight is 198 g/mol. The molecule has 1 rings (SSSR count). The lowest BCUT2D eigenvalue weighted by atomic mass is 9.97. The van der Waals surface area contributed by atoms with E-state index in [0.717, 1.165) is 0 Å². The lowest BCUT2D eigenvalue weighted by Crippen LogP contribution is -2.48. The summed E-state index contributed by atoms with van der Waals surface area (Å²) in [5, 5.41) is 3.36. The number of nitrogens with two attached hydrogens (primary N) is 1. The van der Waals surface area contributed by atoms with Crippen LogP contribution in [0.5, 0.6) is 0 Å². The van der Waals surface area contributed by atoms with Gasteiger partial charge in [-0.1, -0.05) is 26.2 Å². The van der Waals surface area contributed by atoms with Gasteiger partial charge in [-0.05, 0) is 18.8 Å². The first-order valence-electron chi connectivity index (χ1n) is 5.48. The Bertz CT molecular complexity index is 191. The van der Waals surface area contributed by atoms with Crippen LogP contribution >= 0.6 is 0 Å². The Kier molecular flexibility index (Phi) is 4.73. The maximum absolute atomic E-state index is 5.34. The number of hydrazine groups is 1. The molecule has 2 unspecified atom stereocenters. The Labute approximate surface area is 86.3 Å². The molecule has 0 aliphatic heterocycles. The molecule has 4 N–H and O–H groups in total. The van der Waals surface area contributed by atoms with Gasteiger partial charge in [-0.15, -0.1) is 0 Å². The first-order chi connectivity index (χ1) is 6.77. The summed E-state index contributed by atoms with van der Waals surface area (Å²) in [7, 11) is 1.74. The number of hydrogen-bond donors (Lipinski definition) is 3. The Balaban J connectivity index is 2.47. The van der Waals surface area contributed by atoms with Gasteiger partial charge < -0.3 is 5.32 Å². The number of nitrogens with zero attached hydrogens (tertiary/aromatic N) is 1. The molecule has 2 atom stereocenters. The zero-order valence-corrected chi connectivity index (χ0v) is 9.21. The predicted molar refractivity (Wildman–Crippen MR) is 59.9 cm³/mol. The van der Waals surface area contributed by atoms with Crippen molar-refractivity contribution in [2.75, 3.05) is 7.05 Å². The molecule has 1 saturated carbocycles. The molecule has 0 aromatic carbocycles. The van der Waals surface area contributed by atoms with Crippen LogP contribution in [0.15, 0.2) is 4.99 Å². The minimum atomic E-state index is 0.521. The van der Waals surface area contributed by atoms with Gasteiger partial charge in [0.05, 0.1) is 0 Å². The maximum Gasteiger partial charge on any atom is 0.205 e. The summed E-state index contributed by atoms with van der Waals surface area (Å²) in [6.45, 7) is 2.30. The summed E-state index contributed by atoms with van der Waals surface area (Å²) in [5.41, 5.74) is 2.58. The lowest BCUT2D eigenvalue weighted by Gasteiger charge is -2.24. The first kappa shape index (κ1) is 11.3. The third-order valence-corrected chi connectivity index (χ3v) is 3.04. The zero-order chi connectivity index (χ0) is 10.4. The second kappa shape index (κ2) is 5.86. The summed E-state index contributed by atoms with van der Waals surface area (Å²) in [4.78, 5) is 4.04. The zero-order valence-electron chi connectivity index (χ0n) is 9.21. The van der Waals surface area contributed by atoms with Gasteiger partial charge >= 0.3 is 0 Å². The molecule has 0 bridgehead atoms. The van der Waals surface area contributed by atoms with E-state index in [2.05, 4.69) is 22.7 Å². The van der Waals surface area contributed by atoms with Crippen molar-refractivity contribution >= 4 is 5.96 Å². The highest BCUT2D eigenvalue weighted by Gasteiger charge is 2.20. The quantitative estimate of drug-likeness (QED) is 0.194. The molecule has 0 radical (unpaired) electrons. The number of hydrogen-bond acceptors (Lipinski definition) is 2. The van der Waals surface area contributed by atoms with Crippen LogP contribution < -0.4 is 16.6 Å². The van der Waals surface area contributed by atoms with Gasteiger partial charge in [-0.25, -0.2) is 5.84 Å². The van der Waals surface area contributed by atoms with Crippen molar-refractivity contribution in [2.45, 2.75) is 45.1 Å². The molecule has 14 heavy (non-hydrogen) atoms. The highest BCUT2D eigenvalue weighted by Crippen LogP contribution is 2.22. The van der Waals surface area contributed by atoms with E-state index in [9.17, 15) is 0 Å². The lowest BCUT2D eigenvalue weighted by molar-refractivity contribution is 0.397. The molecule has 0 spiro atoms. The van der Waals surface area contributed by atoms with E-state index in [1.807, 2.05) is 0 Å². The van der Waals surface area contributed by atoms with Gasteiger partial charge in [-0.2, -0.15) is 0 Å². The number of rotatable bonds is 1. The van der Waals surface area contributed by atoms with Crippen LogP contribution in [0.1, 0.15) is 39.0 Å². The van der Waals surface area contributed by atoms with Gasteiger partial charge in [0.2, 0.25) is 5.96 Å². The second-order valence-corrected chi connectivity index (χ2v) is 4.08. The van der Waals surface area contributed by atoms with Gasteiger partial charge in [0, 0.05) is 13.1 Å². The topological polar surface area (TPSA) is 62.4 Å². The molecule has 1 aliphatic rings. The molecule has 4 nitrogen and oxygen atoms in total. The smallest absolute Gasteiger partial charge is 0.205 e. The molecule has 1 aliphatic carbocycles. The highest BCUT2D eigenvalue weighted by molar-refractivity contribution is 5.79. The fourth-order valence-electron chi connectivity index (χ4n) is 2.05. The van der Waals surface area contributed by atoms with E-state index < -0.39 is 0 Å². The van der Waals surface area contributed by atoms with E-state index in [-0.39, 0.29) is 0 Å². The van der Waals surface area contributed by atoms with Crippen molar-refractivity contribution in [3.63, 3.8) is 0 Å². The second-order valence-electron chi connectivity index (χ2n) is 4.08. The monoisotopic (exact) mass is 198 g/mol. The Hall–Kier alpha value is -0.770. The van der Waals surface area contributed by atoms with Crippen molar-refractivity contribution in [1.82, 2.24) is 10.7 Å². The van der Waals surface area contributed by atoms with E-state index in [0.29, 0.717) is 17.9 Å². The fourth-order valence-corrected chi connectivity index (χ4v) is 2.05. The molecular weight excluding hydrogens is 176 g/mol. The van der Waals surface area contributed by atoms with Crippen LogP contribution in [0.2, 0.25) is 0 Å². The van der Waals surface area contributed by atoms with Crippen LogP contribution in [-0.4, -0.2) is 19.0 Å². The van der Waals surface area contributed by atoms with E-state index in [1.54, 1.807) is 7.05 Å². The van der Waals surface area contributed by atoms with Crippen LogP contribution in [0.25, 0.3) is 0 Å². The number of nitrogens with one attached hydrogen (secondary N) is 2. The SMILES string of the molecule is CN=C(NN)NC1CCCCCC1C. The minimum absolute atomic E-state index is 0.521. The molecule has 4 heteroatoms. The van der Waals surface area contributed by atoms with E-state index in [1.165, 1.54) is 32.1 Å². The summed E-state index contributed by atoms with van der Waals surface area (Å²) in [6.07, 6.45) is 6.55. The van der Waals surface area contributed by atoms with Crippen LogP contribution in [0.3, 0.4) is 0 Å². The van der Waals surface area contributed by atoms with Crippen LogP contribution in [0.4, 0.5) is 0 Å². The highest BCUT2D eigenvalue weighted by atomic mass is 15.3. The van der Waals surface area contributed by atoms with Crippen LogP contribution in [-0.2, 0) is 0 Å². The first-order valence-corrected chi connectivity index (χ1v) is 5.48. The molecule has 1 fully saturated rings. The normalized spacial score (nSPS) is 29.5. The molecular formula is C10H22N4. The van der Waals surface area contributed by atoms with Gasteiger partial charge in [0.15, 0.2) is 0 Å². The molecule has 0 aromatic heterocycles. The van der Waals surface area contributed by atoms with E-state index >= 15 is 0 Å². The fraction of sp³-hybridized carbons (Fsp3) is 0.900. The summed E-state index contributed by atoms with van der Waals surface area (Å²) in [5.74, 6) is 6.75. The maximum atomic E-state index is 5.34. The standard InChI is InChI=1S/C10H22N4/c1-8-6-4-3-5-7-9(8)13-10(12-2)14-11/h8-9H,3-7,11H2,1-2H3,(H2,12,13,14). The third kappa shape index (κ3) is 3.18. The molecule has 82 valence electrons. The van der Waals surface area contributed by atoms with Gasteiger partial charge in [-0.3, -0.25) is 10.4 Å². The van der Waals surface area contributed by atoms with Gasteiger partial charge in [0.25, 0.3) is 0 Å². The Morgan fingerprint density at radius 3 is 2.64 bits per heavy atom. The minimum Gasteiger partial charge on any atom is -0.352 e. The molecule has 0 amide bonds. The Morgan fingerprint density at radius 1 is 1.29 bits per heavy atom. The van der Waals surface area contributed by atoms with Crippen molar-refractivity contribution < 1.29 is 0 Å². The van der Waals surface area contributed by atoms with E-state index in [4.69, 9.17) is 5.84 Å². The molecule has 0 saturated heterocycles. The third-order valence-electron chi connectivity index (χ3n) is 3.04. The summed E-state index contributed by atoms with van der Waals surface area (Å²) in [6, 6.07) is 0.521. The summed E-state index contributed by atoms with van der Waals surface area (Å²) < 4.78 is 0. The summed E-state index contributed by atoms with van der Waals surface area (Å²) >= 11 is 0. The van der Waals surface area contributed by atoms with Gasteiger partial charge in [0.1, 0.15) is 0 Å². The molecule has 0 heterocycles. The van der Waals surface area contributed by atoms with Crippen molar-refractivity contribution in [3.8, 4) is 0 Å². The largest absolute Gasteiger partial charge is 0.352 e. The number of aliphatic imine (C=N–C) groups is 1. The van der Waals surface area contributed by atoms with Crippen molar-refractivity contribution in [3.05, 3.63) is 0 Å².